The molecule has 5 nitrogen and oxygen atoms in total. The number of para-hydroxylation sites is 2. The number of hydrogen-bond acceptors (Lipinski definition) is 4. The largest absolute Gasteiger partial charge is 0.424 e. The molecule has 0 aromatic heterocycles. The molecule has 2 bridgehead atoms. The summed E-state index contributed by atoms with van der Waals surface area (Å²) in [6, 6.07) is 32.5. The van der Waals surface area contributed by atoms with Crippen LogP contribution in [0.4, 0.5) is 5.69 Å². The second-order valence-corrected chi connectivity index (χ2v) is 10.5. The van der Waals surface area contributed by atoms with Crippen molar-refractivity contribution in [2.24, 2.45) is 11.3 Å². The number of rotatable bonds is 4. The summed E-state index contributed by atoms with van der Waals surface area (Å²) in [6.45, 7) is 1.94. The van der Waals surface area contributed by atoms with E-state index in [-0.39, 0.29) is 35.8 Å². The predicted molar refractivity (Wildman–Crippen MR) is 143 cm³/mol. The molecule has 0 spiro atoms. The Bertz CT molecular complexity index is 1580. The highest BCUT2D eigenvalue weighted by Gasteiger charge is 2.69. The Morgan fingerprint density at radius 3 is 1.97 bits per heavy atom. The van der Waals surface area contributed by atoms with E-state index in [9.17, 15) is 14.4 Å². The Kier molecular flexibility index (Phi) is 4.92. The maximum atomic E-state index is 14.4. The van der Waals surface area contributed by atoms with Gasteiger partial charge in [0, 0.05) is 11.8 Å². The first-order chi connectivity index (χ1) is 18.5. The van der Waals surface area contributed by atoms with E-state index < -0.39 is 17.3 Å². The summed E-state index contributed by atoms with van der Waals surface area (Å²) in [5, 5.41) is 0. The number of esters is 1. The molecule has 38 heavy (non-hydrogen) atoms. The maximum Gasteiger partial charge on any atom is 0.315 e. The maximum absolute atomic E-state index is 14.4. The standard InChI is InChI=1S/C33H25NO4/c1-33-29-23-15-7-5-13-21(23)28(22-14-6-8-16-24(22)29)30(33)31(36)34(32(33)37)25-17-9-10-18-26(25)38-27(35)19-20-11-3-2-4-12-20/h2-18,28-30H,19H2,1H3/t28?,29?,30-,33+/m0/s1. The van der Waals surface area contributed by atoms with Gasteiger partial charge in [-0.15, -0.1) is 0 Å². The number of benzene rings is 4. The van der Waals surface area contributed by atoms with Crippen LogP contribution in [0.3, 0.4) is 0 Å². The number of ether oxygens (including phenoxy) is 1. The lowest BCUT2D eigenvalue weighted by molar-refractivity contribution is -0.134. The van der Waals surface area contributed by atoms with Gasteiger partial charge in [-0.25, -0.2) is 4.90 Å². The van der Waals surface area contributed by atoms with E-state index in [0.717, 1.165) is 27.8 Å². The van der Waals surface area contributed by atoms with Crippen LogP contribution in [0, 0.1) is 11.3 Å². The number of hydrogen-bond donors (Lipinski definition) is 0. The molecule has 0 unspecified atom stereocenters. The van der Waals surface area contributed by atoms with Crippen molar-refractivity contribution < 1.29 is 19.1 Å². The zero-order valence-corrected chi connectivity index (χ0v) is 20.8. The molecular weight excluding hydrogens is 474 g/mol. The number of amides is 2. The van der Waals surface area contributed by atoms with Gasteiger partial charge in [0.15, 0.2) is 5.75 Å². The van der Waals surface area contributed by atoms with E-state index in [2.05, 4.69) is 24.3 Å². The third-order valence-corrected chi connectivity index (χ3v) is 8.53. The van der Waals surface area contributed by atoms with Crippen LogP contribution in [0.25, 0.3) is 0 Å². The van der Waals surface area contributed by atoms with Gasteiger partial charge in [0.2, 0.25) is 11.8 Å². The fraction of sp³-hybridized carbons (Fsp3) is 0.182. The molecule has 8 rings (SSSR count). The molecule has 5 heteroatoms. The van der Waals surface area contributed by atoms with Crippen molar-refractivity contribution in [2.45, 2.75) is 25.2 Å². The summed E-state index contributed by atoms with van der Waals surface area (Å²) >= 11 is 0. The minimum Gasteiger partial charge on any atom is -0.424 e. The Balaban J connectivity index is 1.31. The van der Waals surface area contributed by atoms with E-state index in [4.69, 9.17) is 4.74 Å². The van der Waals surface area contributed by atoms with Crippen LogP contribution in [0.5, 0.6) is 5.75 Å². The summed E-state index contributed by atoms with van der Waals surface area (Å²) in [5.41, 5.74) is 4.64. The van der Waals surface area contributed by atoms with Crippen LogP contribution in [-0.2, 0) is 20.8 Å². The van der Waals surface area contributed by atoms with Gasteiger partial charge in [-0.3, -0.25) is 14.4 Å². The lowest BCUT2D eigenvalue weighted by Crippen LogP contribution is -2.49. The van der Waals surface area contributed by atoms with Crippen LogP contribution >= 0.6 is 0 Å². The summed E-state index contributed by atoms with van der Waals surface area (Å²) in [7, 11) is 0. The molecule has 0 radical (unpaired) electrons. The summed E-state index contributed by atoms with van der Waals surface area (Å²) in [5.74, 6) is -1.74. The Labute approximate surface area is 220 Å². The molecule has 3 aliphatic carbocycles. The highest BCUT2D eigenvalue weighted by molar-refractivity contribution is 6.25. The second kappa shape index (κ2) is 8.25. The van der Waals surface area contributed by atoms with Crippen LogP contribution in [0.15, 0.2) is 103 Å². The molecule has 4 aliphatic rings. The Morgan fingerprint density at radius 2 is 1.32 bits per heavy atom. The van der Waals surface area contributed by atoms with E-state index in [1.807, 2.05) is 61.5 Å². The fourth-order valence-electron chi connectivity index (χ4n) is 6.99. The first-order valence-electron chi connectivity index (χ1n) is 12.9. The van der Waals surface area contributed by atoms with Gasteiger partial charge < -0.3 is 4.74 Å². The Morgan fingerprint density at radius 1 is 0.763 bits per heavy atom. The first-order valence-corrected chi connectivity index (χ1v) is 12.9. The fourth-order valence-corrected chi connectivity index (χ4v) is 6.99. The third kappa shape index (κ3) is 3.02. The van der Waals surface area contributed by atoms with Gasteiger partial charge in [0.25, 0.3) is 0 Å². The molecule has 4 aromatic carbocycles. The molecule has 1 heterocycles. The first kappa shape index (κ1) is 22.7. The Hall–Kier alpha value is -4.51. The smallest absolute Gasteiger partial charge is 0.315 e. The lowest BCUT2D eigenvalue weighted by Gasteiger charge is -2.51. The molecule has 2 amide bonds. The second-order valence-electron chi connectivity index (χ2n) is 10.5. The molecule has 0 N–H and O–H groups in total. The van der Waals surface area contributed by atoms with Crippen molar-refractivity contribution in [3.63, 3.8) is 0 Å². The zero-order valence-electron chi connectivity index (χ0n) is 20.8. The topological polar surface area (TPSA) is 63.7 Å². The van der Waals surface area contributed by atoms with E-state index in [0.29, 0.717) is 5.69 Å². The molecule has 2 atom stereocenters. The minimum atomic E-state index is -0.953. The number of carbonyl (C=O) groups excluding carboxylic acids is 3. The van der Waals surface area contributed by atoms with Crippen molar-refractivity contribution in [1.29, 1.82) is 0 Å². The number of carbonyl (C=O) groups is 3. The zero-order chi connectivity index (χ0) is 26.0. The number of anilines is 1. The minimum absolute atomic E-state index is 0.0895. The monoisotopic (exact) mass is 499 g/mol. The van der Waals surface area contributed by atoms with Crippen molar-refractivity contribution in [3.8, 4) is 5.75 Å². The van der Waals surface area contributed by atoms with Crippen LogP contribution in [0.2, 0.25) is 0 Å². The van der Waals surface area contributed by atoms with Gasteiger partial charge in [-0.05, 0) is 46.9 Å². The summed E-state index contributed by atoms with van der Waals surface area (Å²) in [6.07, 6.45) is 0.0895. The van der Waals surface area contributed by atoms with Gasteiger partial charge in [-0.1, -0.05) is 91.0 Å². The SMILES string of the molecule is C[C@]12C(=O)N(c3ccccc3OC(=O)Cc3ccccc3)C(=O)[C@@H]1C1c3ccccc3C2c2ccccc21. The molecule has 1 aliphatic heterocycles. The van der Waals surface area contributed by atoms with Crippen LogP contribution in [-0.4, -0.2) is 17.8 Å². The molecule has 1 saturated heterocycles. The van der Waals surface area contributed by atoms with Crippen molar-refractivity contribution >= 4 is 23.5 Å². The van der Waals surface area contributed by atoms with Crippen LogP contribution < -0.4 is 9.64 Å². The van der Waals surface area contributed by atoms with Crippen LogP contribution in [0.1, 0.15) is 46.6 Å². The van der Waals surface area contributed by atoms with E-state index in [1.54, 1.807) is 24.3 Å². The highest BCUT2D eigenvalue weighted by Crippen LogP contribution is 2.67. The van der Waals surface area contributed by atoms with E-state index >= 15 is 0 Å². The number of imide groups is 1. The van der Waals surface area contributed by atoms with Gasteiger partial charge in [0.05, 0.1) is 23.4 Å². The van der Waals surface area contributed by atoms with Crippen molar-refractivity contribution in [1.82, 2.24) is 0 Å². The molecule has 1 fully saturated rings. The average molecular weight is 500 g/mol. The molecule has 186 valence electrons. The third-order valence-electron chi connectivity index (χ3n) is 8.53. The molecular formula is C33H25NO4. The quantitative estimate of drug-likeness (QED) is 0.208. The average Bonchev–Trinajstić information content (AvgIpc) is 3.14. The molecule has 4 aromatic rings. The highest BCUT2D eigenvalue weighted by atomic mass is 16.5. The predicted octanol–water partition coefficient (Wildman–Crippen LogP) is 5.62. The van der Waals surface area contributed by atoms with E-state index in [1.165, 1.54) is 4.90 Å². The van der Waals surface area contributed by atoms with Gasteiger partial charge in [0.1, 0.15) is 0 Å². The van der Waals surface area contributed by atoms with Gasteiger partial charge in [-0.2, -0.15) is 0 Å². The van der Waals surface area contributed by atoms with Gasteiger partial charge >= 0.3 is 5.97 Å². The van der Waals surface area contributed by atoms with Crippen molar-refractivity contribution in [3.05, 3.63) is 131 Å². The molecule has 0 saturated carbocycles. The number of nitrogens with zero attached hydrogens (tertiary/aromatic N) is 1. The normalized spacial score (nSPS) is 24.6. The van der Waals surface area contributed by atoms with Crippen molar-refractivity contribution in [2.75, 3.05) is 4.90 Å². The summed E-state index contributed by atoms with van der Waals surface area (Å²) in [4.78, 5) is 42.7. The summed E-state index contributed by atoms with van der Waals surface area (Å²) < 4.78 is 5.75. The lowest BCUT2D eigenvalue weighted by atomic mass is 9.48.